The Bertz CT molecular complexity index is 1410. The Kier molecular flexibility index (Phi) is 5.62. The molecular formula is C26H19N3O5S2. The fourth-order valence-electron chi connectivity index (χ4n) is 4.08. The number of methoxy groups -OCH3 is 1. The van der Waals surface area contributed by atoms with Crippen LogP contribution in [0.25, 0.3) is 6.08 Å². The predicted octanol–water partition coefficient (Wildman–Crippen LogP) is 4.89. The number of fused-ring (bicyclic) bond motifs is 1. The maximum absolute atomic E-state index is 14.0. The molecule has 0 aliphatic carbocycles. The van der Waals surface area contributed by atoms with Crippen LogP contribution in [0.5, 0.6) is 11.5 Å². The lowest BCUT2D eigenvalue weighted by atomic mass is 10.2. The maximum Gasteiger partial charge on any atom is 0.365 e. The summed E-state index contributed by atoms with van der Waals surface area (Å²) < 4.78 is 14.8. The van der Waals surface area contributed by atoms with Gasteiger partial charge in [0.15, 0.2) is 11.5 Å². The van der Waals surface area contributed by atoms with Crippen molar-refractivity contribution in [3.05, 3.63) is 89.3 Å². The van der Waals surface area contributed by atoms with E-state index in [1.54, 1.807) is 9.91 Å². The molecule has 1 saturated heterocycles. The molecule has 0 saturated carbocycles. The van der Waals surface area contributed by atoms with E-state index in [9.17, 15) is 9.59 Å². The SMILES string of the molecule is COC(=O)C1=NN(c2ccccc2)[C@]2(S1)S/C(=C/c1ccc3c(c1)OCO3)C(=O)N2c1ccccc1. The summed E-state index contributed by atoms with van der Waals surface area (Å²) in [5, 5.41) is 6.49. The van der Waals surface area contributed by atoms with Gasteiger partial charge in [-0.25, -0.2) is 9.80 Å². The van der Waals surface area contributed by atoms with Crippen LogP contribution in [0.3, 0.4) is 0 Å². The third kappa shape index (κ3) is 3.69. The van der Waals surface area contributed by atoms with Crippen LogP contribution in [0.2, 0.25) is 0 Å². The number of hydrogen-bond acceptors (Lipinski definition) is 9. The minimum atomic E-state index is -1.12. The van der Waals surface area contributed by atoms with Gasteiger partial charge in [0.2, 0.25) is 16.2 Å². The van der Waals surface area contributed by atoms with Gasteiger partial charge in [-0.05, 0) is 59.8 Å². The Hall–Kier alpha value is -3.89. The van der Waals surface area contributed by atoms with Crippen molar-refractivity contribution in [2.75, 3.05) is 23.8 Å². The molecule has 180 valence electrons. The van der Waals surface area contributed by atoms with E-state index in [4.69, 9.17) is 14.2 Å². The van der Waals surface area contributed by atoms with Crippen LogP contribution in [0.1, 0.15) is 5.56 Å². The number of para-hydroxylation sites is 2. The number of ether oxygens (including phenoxy) is 3. The standard InChI is InChI=1S/C26H19N3O5S2/c1-32-25(31)23-27-29(19-10-6-3-7-11-19)26(36-23)28(18-8-4-2-5-9-18)24(30)22(35-26)15-17-12-13-20-21(14-17)34-16-33-20/h2-15H,16H2,1H3/b22-15+/t26-/m0/s1. The molecule has 6 rings (SSSR count). The molecule has 0 aromatic heterocycles. The number of thioether (sulfide) groups is 2. The van der Waals surface area contributed by atoms with E-state index in [0.29, 0.717) is 22.1 Å². The van der Waals surface area contributed by atoms with Gasteiger partial charge < -0.3 is 14.2 Å². The second-order valence-corrected chi connectivity index (χ2v) is 10.5. The van der Waals surface area contributed by atoms with Crippen molar-refractivity contribution >= 4 is 57.9 Å². The average Bonchev–Trinajstić information content (AvgIpc) is 3.60. The summed E-state index contributed by atoms with van der Waals surface area (Å²) in [5.41, 5.74) is 2.21. The summed E-state index contributed by atoms with van der Waals surface area (Å²) >= 11 is 2.51. The zero-order valence-corrected chi connectivity index (χ0v) is 20.6. The minimum absolute atomic E-state index is 0.159. The predicted molar refractivity (Wildman–Crippen MR) is 141 cm³/mol. The van der Waals surface area contributed by atoms with Gasteiger partial charge in [0.05, 0.1) is 17.7 Å². The first-order chi connectivity index (χ1) is 17.6. The summed E-state index contributed by atoms with van der Waals surface area (Å²) in [5.74, 6) is 0.528. The highest BCUT2D eigenvalue weighted by Crippen LogP contribution is 2.59. The molecule has 1 spiro atoms. The Balaban J connectivity index is 1.49. The van der Waals surface area contributed by atoms with Crippen molar-refractivity contribution in [3.63, 3.8) is 0 Å². The van der Waals surface area contributed by atoms with Gasteiger partial charge in [0.1, 0.15) is 0 Å². The molecule has 1 fully saturated rings. The Morgan fingerprint density at radius 2 is 1.67 bits per heavy atom. The van der Waals surface area contributed by atoms with Crippen molar-refractivity contribution in [1.29, 1.82) is 0 Å². The molecule has 36 heavy (non-hydrogen) atoms. The normalized spacial score (nSPS) is 21.4. The number of esters is 1. The molecule has 3 aromatic rings. The Labute approximate surface area is 215 Å². The highest BCUT2D eigenvalue weighted by Gasteiger charge is 2.60. The largest absolute Gasteiger partial charge is 0.464 e. The van der Waals surface area contributed by atoms with E-state index >= 15 is 0 Å². The molecule has 3 aliphatic heterocycles. The lowest BCUT2D eigenvalue weighted by Gasteiger charge is -2.38. The fraction of sp³-hybridized carbons (Fsp3) is 0.115. The van der Waals surface area contributed by atoms with Gasteiger partial charge in [-0.15, -0.1) is 0 Å². The van der Waals surface area contributed by atoms with Crippen LogP contribution in [0, 0.1) is 0 Å². The fourth-order valence-corrected chi connectivity index (χ4v) is 6.98. The van der Waals surface area contributed by atoms with Crippen LogP contribution >= 0.6 is 23.5 Å². The van der Waals surface area contributed by atoms with Crippen molar-refractivity contribution in [2.45, 2.75) is 4.33 Å². The summed E-state index contributed by atoms with van der Waals surface area (Å²) in [6, 6.07) is 24.3. The minimum Gasteiger partial charge on any atom is -0.464 e. The van der Waals surface area contributed by atoms with Crippen molar-refractivity contribution in [2.24, 2.45) is 5.10 Å². The summed E-state index contributed by atoms with van der Waals surface area (Å²) in [4.78, 5) is 28.8. The smallest absolute Gasteiger partial charge is 0.365 e. The second-order valence-electron chi connectivity index (χ2n) is 7.89. The van der Waals surface area contributed by atoms with Gasteiger partial charge in [0.25, 0.3) is 5.91 Å². The molecule has 3 aromatic carbocycles. The van der Waals surface area contributed by atoms with E-state index in [2.05, 4.69) is 5.10 Å². The summed E-state index contributed by atoms with van der Waals surface area (Å²) in [7, 11) is 1.32. The molecule has 3 heterocycles. The molecule has 8 nitrogen and oxygen atoms in total. The molecule has 3 aliphatic rings. The monoisotopic (exact) mass is 517 g/mol. The third-order valence-corrected chi connectivity index (χ3v) is 8.39. The first-order valence-electron chi connectivity index (χ1n) is 11.0. The van der Waals surface area contributed by atoms with Crippen molar-refractivity contribution in [1.82, 2.24) is 0 Å². The number of carbonyl (C=O) groups excluding carboxylic acids is 2. The highest BCUT2D eigenvalue weighted by molar-refractivity contribution is 8.29. The van der Waals surface area contributed by atoms with E-state index in [-0.39, 0.29) is 17.7 Å². The van der Waals surface area contributed by atoms with Crippen LogP contribution in [0.15, 0.2) is 88.9 Å². The zero-order chi connectivity index (χ0) is 24.7. The van der Waals surface area contributed by atoms with E-state index in [1.165, 1.54) is 30.6 Å². The first-order valence-corrected chi connectivity index (χ1v) is 12.6. The summed E-state index contributed by atoms with van der Waals surface area (Å²) in [6.07, 6.45) is 1.82. The molecule has 0 radical (unpaired) electrons. The van der Waals surface area contributed by atoms with Crippen LogP contribution < -0.4 is 19.4 Å². The number of hydrazone groups is 1. The van der Waals surface area contributed by atoms with Crippen LogP contribution in [-0.2, 0) is 14.3 Å². The quantitative estimate of drug-likeness (QED) is 0.358. The van der Waals surface area contributed by atoms with E-state index < -0.39 is 10.3 Å². The molecule has 1 amide bonds. The first kappa shape index (κ1) is 22.6. The number of anilines is 2. The van der Waals surface area contributed by atoms with E-state index in [0.717, 1.165) is 11.3 Å². The zero-order valence-electron chi connectivity index (χ0n) is 19.0. The van der Waals surface area contributed by atoms with Crippen LogP contribution in [0.4, 0.5) is 11.4 Å². The number of benzene rings is 3. The van der Waals surface area contributed by atoms with Crippen LogP contribution in [-0.4, -0.2) is 35.1 Å². The van der Waals surface area contributed by atoms with Gasteiger partial charge >= 0.3 is 5.97 Å². The molecule has 10 heteroatoms. The topological polar surface area (TPSA) is 80.7 Å². The lowest BCUT2D eigenvalue weighted by molar-refractivity contribution is -0.132. The molecule has 0 unspecified atom stereocenters. The van der Waals surface area contributed by atoms with Gasteiger partial charge in [-0.3, -0.25) is 9.69 Å². The molecular weight excluding hydrogens is 498 g/mol. The van der Waals surface area contributed by atoms with Gasteiger partial charge in [-0.1, -0.05) is 54.2 Å². The molecule has 0 bridgehead atoms. The maximum atomic E-state index is 14.0. The Morgan fingerprint density at radius 1 is 0.972 bits per heavy atom. The third-order valence-electron chi connectivity index (χ3n) is 5.70. The second kappa shape index (κ2) is 8.96. The summed E-state index contributed by atoms with van der Waals surface area (Å²) in [6.45, 7) is 0.171. The number of carbonyl (C=O) groups is 2. The van der Waals surface area contributed by atoms with E-state index in [1.807, 2.05) is 84.9 Å². The van der Waals surface area contributed by atoms with Crippen molar-refractivity contribution < 1.29 is 23.8 Å². The number of hydrogen-bond donors (Lipinski definition) is 0. The van der Waals surface area contributed by atoms with Crippen molar-refractivity contribution in [3.8, 4) is 11.5 Å². The molecule has 0 N–H and O–H groups in total. The number of nitrogens with zero attached hydrogens (tertiary/aromatic N) is 3. The van der Waals surface area contributed by atoms with Gasteiger partial charge in [-0.2, -0.15) is 5.10 Å². The van der Waals surface area contributed by atoms with Gasteiger partial charge in [0, 0.05) is 5.69 Å². The number of rotatable bonds is 4. The average molecular weight is 518 g/mol. The number of amides is 1. The highest BCUT2D eigenvalue weighted by atomic mass is 32.2. The molecule has 1 atom stereocenters. The Morgan fingerprint density at radius 3 is 2.39 bits per heavy atom. The lowest BCUT2D eigenvalue weighted by Crippen LogP contribution is -2.51.